The first-order chi connectivity index (χ1) is 9.50. The number of fused-ring (bicyclic) bond motifs is 1. The average Bonchev–Trinajstić information content (AvgIpc) is 2.92. The fourth-order valence-corrected chi connectivity index (χ4v) is 2.94. The first kappa shape index (κ1) is 13.1. The molecule has 3 rings (SSSR count). The van der Waals surface area contributed by atoms with E-state index in [2.05, 4.69) is 11.6 Å². The van der Waals surface area contributed by atoms with Crippen LogP contribution in [0.15, 0.2) is 36.8 Å². The number of carbonyl (C=O) groups is 1. The summed E-state index contributed by atoms with van der Waals surface area (Å²) in [4.78, 5) is 19.0. The van der Waals surface area contributed by atoms with Gasteiger partial charge in [-0.05, 0) is 11.6 Å². The Labute approximate surface area is 122 Å². The maximum Gasteiger partial charge on any atom is 0.250 e. The molecule has 1 aromatic carbocycles. The molecule has 1 amide bonds. The van der Waals surface area contributed by atoms with Crippen molar-refractivity contribution in [1.82, 2.24) is 14.8 Å². The molecule has 5 heteroatoms. The number of amides is 1. The zero-order valence-corrected chi connectivity index (χ0v) is 12.2. The van der Waals surface area contributed by atoms with Crippen LogP contribution in [0.2, 0.25) is 5.02 Å². The lowest BCUT2D eigenvalue weighted by atomic mass is 10.0. The van der Waals surface area contributed by atoms with Crippen molar-refractivity contribution in [3.63, 3.8) is 0 Å². The van der Waals surface area contributed by atoms with Gasteiger partial charge in [0.15, 0.2) is 0 Å². The van der Waals surface area contributed by atoms with E-state index in [0.717, 1.165) is 22.3 Å². The SMILES string of the molecule is C=C1N(C)C(=O)C(Cc2c[nH]c3c(Cl)cccc23)N1C. The first-order valence-electron chi connectivity index (χ1n) is 6.44. The second kappa shape index (κ2) is 4.56. The number of rotatable bonds is 2. The van der Waals surface area contributed by atoms with E-state index in [1.807, 2.05) is 36.3 Å². The summed E-state index contributed by atoms with van der Waals surface area (Å²) in [5.41, 5.74) is 2.01. The topological polar surface area (TPSA) is 39.3 Å². The first-order valence-corrected chi connectivity index (χ1v) is 6.82. The monoisotopic (exact) mass is 289 g/mol. The molecule has 1 saturated heterocycles. The van der Waals surface area contributed by atoms with Crippen LogP contribution in [0.4, 0.5) is 0 Å². The minimum Gasteiger partial charge on any atom is -0.360 e. The van der Waals surface area contributed by atoms with Crippen LogP contribution in [0, 0.1) is 0 Å². The highest BCUT2D eigenvalue weighted by molar-refractivity contribution is 6.35. The van der Waals surface area contributed by atoms with Crippen LogP contribution >= 0.6 is 11.6 Å². The third-order valence-corrected chi connectivity index (χ3v) is 4.36. The van der Waals surface area contributed by atoms with Crippen LogP contribution in [-0.4, -0.2) is 40.8 Å². The van der Waals surface area contributed by atoms with Gasteiger partial charge in [0.2, 0.25) is 0 Å². The quantitative estimate of drug-likeness (QED) is 0.923. The molecule has 0 aliphatic carbocycles. The van der Waals surface area contributed by atoms with Crippen LogP contribution in [-0.2, 0) is 11.2 Å². The summed E-state index contributed by atoms with van der Waals surface area (Å²) in [5.74, 6) is 0.812. The van der Waals surface area contributed by atoms with Gasteiger partial charge in [0, 0.05) is 32.1 Å². The fourth-order valence-electron chi connectivity index (χ4n) is 2.71. The van der Waals surface area contributed by atoms with Crippen molar-refractivity contribution in [2.45, 2.75) is 12.5 Å². The largest absolute Gasteiger partial charge is 0.360 e. The molecule has 0 bridgehead atoms. The van der Waals surface area contributed by atoms with Gasteiger partial charge in [-0.15, -0.1) is 0 Å². The Morgan fingerprint density at radius 2 is 2.15 bits per heavy atom. The number of nitrogens with zero attached hydrogens (tertiary/aromatic N) is 2. The molecular formula is C15H16ClN3O. The summed E-state index contributed by atoms with van der Waals surface area (Å²) in [5, 5.41) is 1.76. The predicted octanol–water partition coefficient (Wildman–Crippen LogP) is 2.61. The lowest BCUT2D eigenvalue weighted by Gasteiger charge is -2.18. The Balaban J connectivity index is 1.96. The average molecular weight is 290 g/mol. The van der Waals surface area contributed by atoms with Gasteiger partial charge in [0.05, 0.1) is 10.5 Å². The predicted molar refractivity (Wildman–Crippen MR) is 80.5 cm³/mol. The van der Waals surface area contributed by atoms with Crippen molar-refractivity contribution >= 4 is 28.4 Å². The molecule has 104 valence electrons. The number of hydrogen-bond acceptors (Lipinski definition) is 2. The smallest absolute Gasteiger partial charge is 0.250 e. The highest BCUT2D eigenvalue weighted by Crippen LogP contribution is 2.29. The number of benzene rings is 1. The van der Waals surface area contributed by atoms with E-state index in [4.69, 9.17) is 11.6 Å². The Bertz CT molecular complexity index is 706. The highest BCUT2D eigenvalue weighted by atomic mass is 35.5. The molecule has 0 spiro atoms. The molecule has 1 aromatic heterocycles. The summed E-state index contributed by atoms with van der Waals surface area (Å²) in [6.45, 7) is 3.92. The van der Waals surface area contributed by atoms with E-state index in [1.54, 1.807) is 11.9 Å². The van der Waals surface area contributed by atoms with E-state index in [9.17, 15) is 4.79 Å². The molecule has 0 saturated carbocycles. The Morgan fingerprint density at radius 3 is 2.80 bits per heavy atom. The Kier molecular flexibility index (Phi) is 2.98. The number of aromatic amines is 1. The minimum absolute atomic E-state index is 0.0777. The standard InChI is InChI=1S/C15H16ClN3O/c1-9-18(2)13(15(20)19(9)3)7-10-8-17-14-11(10)5-4-6-12(14)16/h4-6,8,13,17H,1,7H2,2-3H3. The fraction of sp³-hybridized carbons (Fsp3) is 0.267. The van der Waals surface area contributed by atoms with Gasteiger partial charge in [-0.3, -0.25) is 4.79 Å². The molecule has 4 nitrogen and oxygen atoms in total. The van der Waals surface area contributed by atoms with Gasteiger partial charge in [-0.1, -0.05) is 30.3 Å². The highest BCUT2D eigenvalue weighted by Gasteiger charge is 2.36. The lowest BCUT2D eigenvalue weighted by Crippen LogP contribution is -2.32. The zero-order chi connectivity index (χ0) is 14.4. The molecule has 1 aliphatic rings. The maximum atomic E-state index is 12.2. The molecule has 1 unspecified atom stereocenters. The van der Waals surface area contributed by atoms with Crippen LogP contribution in [0.25, 0.3) is 10.9 Å². The summed E-state index contributed by atoms with van der Waals surface area (Å²) < 4.78 is 0. The van der Waals surface area contributed by atoms with E-state index in [1.165, 1.54) is 0 Å². The molecule has 1 fully saturated rings. The summed E-state index contributed by atoms with van der Waals surface area (Å²) in [6, 6.07) is 5.59. The molecule has 20 heavy (non-hydrogen) atoms. The van der Waals surface area contributed by atoms with E-state index >= 15 is 0 Å². The number of H-pyrrole nitrogens is 1. The second-order valence-corrected chi connectivity index (χ2v) is 5.53. The molecule has 1 N–H and O–H groups in total. The summed E-state index contributed by atoms with van der Waals surface area (Å²) in [6.07, 6.45) is 2.57. The van der Waals surface area contributed by atoms with Crippen molar-refractivity contribution in [2.75, 3.05) is 14.1 Å². The number of halogens is 1. The minimum atomic E-state index is -0.203. The number of carbonyl (C=O) groups excluding carboxylic acids is 1. The Morgan fingerprint density at radius 1 is 1.40 bits per heavy atom. The normalized spacial score (nSPS) is 19.4. The van der Waals surface area contributed by atoms with Crippen LogP contribution < -0.4 is 0 Å². The zero-order valence-electron chi connectivity index (χ0n) is 11.5. The van der Waals surface area contributed by atoms with Gasteiger partial charge in [-0.25, -0.2) is 0 Å². The third kappa shape index (κ3) is 1.79. The van der Waals surface area contributed by atoms with Crippen molar-refractivity contribution in [3.05, 3.63) is 47.4 Å². The molecule has 0 radical (unpaired) electrons. The van der Waals surface area contributed by atoms with Gasteiger partial charge >= 0.3 is 0 Å². The molecular weight excluding hydrogens is 274 g/mol. The molecule has 2 aromatic rings. The van der Waals surface area contributed by atoms with Gasteiger partial charge in [0.25, 0.3) is 5.91 Å². The van der Waals surface area contributed by atoms with Gasteiger partial charge in [0.1, 0.15) is 11.9 Å². The number of para-hydroxylation sites is 1. The summed E-state index contributed by atoms with van der Waals surface area (Å²) in [7, 11) is 3.66. The third-order valence-electron chi connectivity index (χ3n) is 4.04. The van der Waals surface area contributed by atoms with Gasteiger partial charge < -0.3 is 14.8 Å². The number of aromatic nitrogens is 1. The van der Waals surface area contributed by atoms with E-state index in [0.29, 0.717) is 11.4 Å². The maximum absolute atomic E-state index is 12.2. The molecule has 2 heterocycles. The lowest BCUT2D eigenvalue weighted by molar-refractivity contribution is -0.127. The summed E-state index contributed by atoms with van der Waals surface area (Å²) >= 11 is 6.16. The molecule has 1 atom stereocenters. The molecule has 1 aliphatic heterocycles. The Hall–Kier alpha value is -1.94. The second-order valence-electron chi connectivity index (χ2n) is 5.12. The number of hydrogen-bond donors (Lipinski definition) is 1. The van der Waals surface area contributed by atoms with Crippen LogP contribution in [0.1, 0.15) is 5.56 Å². The van der Waals surface area contributed by atoms with Gasteiger partial charge in [-0.2, -0.15) is 0 Å². The van der Waals surface area contributed by atoms with Crippen molar-refractivity contribution in [2.24, 2.45) is 0 Å². The number of likely N-dealkylation sites (N-methyl/N-ethyl adjacent to an activating group) is 2. The number of nitrogens with one attached hydrogen (secondary N) is 1. The van der Waals surface area contributed by atoms with E-state index in [-0.39, 0.29) is 11.9 Å². The van der Waals surface area contributed by atoms with E-state index < -0.39 is 0 Å². The van der Waals surface area contributed by atoms with Crippen molar-refractivity contribution in [1.29, 1.82) is 0 Å². The van der Waals surface area contributed by atoms with Crippen molar-refractivity contribution < 1.29 is 4.79 Å². The van der Waals surface area contributed by atoms with Crippen LogP contribution in [0.5, 0.6) is 0 Å². The van der Waals surface area contributed by atoms with Crippen LogP contribution in [0.3, 0.4) is 0 Å². The van der Waals surface area contributed by atoms with Crippen molar-refractivity contribution in [3.8, 4) is 0 Å².